The van der Waals surface area contributed by atoms with E-state index in [0.717, 1.165) is 35.8 Å². The van der Waals surface area contributed by atoms with E-state index in [4.69, 9.17) is 0 Å². The van der Waals surface area contributed by atoms with Gasteiger partial charge in [0.1, 0.15) is 5.82 Å². The molecule has 0 atom stereocenters. The zero-order valence-electron chi connectivity index (χ0n) is 14.5. The van der Waals surface area contributed by atoms with Crippen molar-refractivity contribution >= 4 is 17.4 Å². The molecule has 0 unspecified atom stereocenters. The number of anilines is 1. The van der Waals surface area contributed by atoms with Crippen molar-refractivity contribution in [2.24, 2.45) is 0 Å². The first-order valence-electron chi connectivity index (χ1n) is 8.00. The van der Waals surface area contributed by atoms with Gasteiger partial charge >= 0.3 is 5.97 Å². The molecular weight excluding hydrogens is 318 g/mol. The first-order chi connectivity index (χ1) is 12.0. The maximum Gasteiger partial charge on any atom is 0.335 e. The lowest BCUT2D eigenvalue weighted by atomic mass is 10.1. The van der Waals surface area contributed by atoms with Crippen LogP contribution < -0.4 is 4.90 Å². The monoisotopic (exact) mass is 339 g/mol. The Balaban J connectivity index is 2.05. The van der Waals surface area contributed by atoms with Crippen LogP contribution in [-0.2, 0) is 0 Å². The number of hydrogen-bond donors (Lipinski definition) is 1. The van der Waals surface area contributed by atoms with Crippen molar-refractivity contribution in [1.82, 2.24) is 19.5 Å². The standard InChI is InChI=1S/C18H21N5O2/c1-21(2)9-10-22(3)17-12-15(20-16-7-8-19-23(16)17)13-5-4-6-14(11-13)18(24)25/h4-8,11-12H,9-10H2,1-3H3,(H,24,25). The Morgan fingerprint density at radius 1 is 1.16 bits per heavy atom. The number of rotatable bonds is 6. The lowest BCUT2D eigenvalue weighted by Crippen LogP contribution is -2.30. The molecule has 1 aromatic carbocycles. The normalized spacial score (nSPS) is 11.2. The molecule has 130 valence electrons. The number of carboxylic acids is 1. The third kappa shape index (κ3) is 3.61. The first-order valence-corrected chi connectivity index (χ1v) is 8.00. The quantitative estimate of drug-likeness (QED) is 0.741. The van der Waals surface area contributed by atoms with Crippen molar-refractivity contribution in [3.05, 3.63) is 48.2 Å². The van der Waals surface area contributed by atoms with E-state index in [1.807, 2.05) is 39.3 Å². The number of fused-ring (bicyclic) bond motifs is 1. The van der Waals surface area contributed by atoms with Crippen LogP contribution in [0, 0.1) is 0 Å². The molecule has 0 bridgehead atoms. The maximum atomic E-state index is 11.2. The van der Waals surface area contributed by atoms with Gasteiger partial charge in [-0.15, -0.1) is 0 Å². The molecule has 1 N–H and O–H groups in total. The Bertz CT molecular complexity index is 903. The number of nitrogens with zero attached hydrogens (tertiary/aromatic N) is 5. The summed E-state index contributed by atoms with van der Waals surface area (Å²) in [7, 11) is 6.08. The Hall–Kier alpha value is -2.93. The fourth-order valence-electron chi connectivity index (χ4n) is 2.59. The zero-order valence-corrected chi connectivity index (χ0v) is 14.5. The van der Waals surface area contributed by atoms with E-state index in [-0.39, 0.29) is 5.56 Å². The highest BCUT2D eigenvalue weighted by molar-refractivity contribution is 5.89. The van der Waals surface area contributed by atoms with Crippen LogP contribution in [0.4, 0.5) is 5.82 Å². The molecule has 0 spiro atoms. The molecular formula is C18H21N5O2. The summed E-state index contributed by atoms with van der Waals surface area (Å²) in [6, 6.07) is 10.6. The molecule has 25 heavy (non-hydrogen) atoms. The van der Waals surface area contributed by atoms with E-state index in [1.54, 1.807) is 28.9 Å². The number of likely N-dealkylation sites (N-methyl/N-ethyl adjacent to an activating group) is 2. The molecule has 3 aromatic rings. The van der Waals surface area contributed by atoms with Crippen LogP contribution >= 0.6 is 0 Å². The van der Waals surface area contributed by atoms with Crippen molar-refractivity contribution < 1.29 is 9.90 Å². The lowest BCUT2D eigenvalue weighted by Gasteiger charge is -2.22. The second-order valence-electron chi connectivity index (χ2n) is 6.21. The molecule has 7 nitrogen and oxygen atoms in total. The van der Waals surface area contributed by atoms with E-state index in [9.17, 15) is 9.90 Å². The first kappa shape index (κ1) is 16.9. The third-order valence-corrected chi connectivity index (χ3v) is 4.02. The second kappa shape index (κ2) is 6.90. The van der Waals surface area contributed by atoms with Crippen molar-refractivity contribution in [3.8, 4) is 11.3 Å². The van der Waals surface area contributed by atoms with Crippen LogP contribution in [0.3, 0.4) is 0 Å². The fraction of sp³-hybridized carbons (Fsp3) is 0.278. The van der Waals surface area contributed by atoms with E-state index >= 15 is 0 Å². The molecule has 7 heteroatoms. The predicted octanol–water partition coefficient (Wildman–Crippen LogP) is 2.09. The highest BCUT2D eigenvalue weighted by atomic mass is 16.4. The molecule has 0 fully saturated rings. The molecule has 0 radical (unpaired) electrons. The van der Waals surface area contributed by atoms with Crippen molar-refractivity contribution in [3.63, 3.8) is 0 Å². The second-order valence-corrected chi connectivity index (χ2v) is 6.21. The number of benzene rings is 1. The van der Waals surface area contributed by atoms with Gasteiger partial charge in [-0.25, -0.2) is 9.78 Å². The van der Waals surface area contributed by atoms with Gasteiger partial charge in [-0.3, -0.25) is 0 Å². The average molecular weight is 339 g/mol. The van der Waals surface area contributed by atoms with Gasteiger partial charge in [-0.1, -0.05) is 12.1 Å². The molecule has 3 rings (SSSR count). The summed E-state index contributed by atoms with van der Waals surface area (Å²) in [5.74, 6) is -0.0387. The van der Waals surface area contributed by atoms with Crippen molar-refractivity contribution in [2.75, 3.05) is 39.1 Å². The summed E-state index contributed by atoms with van der Waals surface area (Å²) in [5.41, 5.74) is 2.47. The minimum atomic E-state index is -0.949. The van der Waals surface area contributed by atoms with Crippen molar-refractivity contribution in [1.29, 1.82) is 0 Å². The molecule has 0 amide bonds. The fourth-order valence-corrected chi connectivity index (χ4v) is 2.59. The summed E-state index contributed by atoms with van der Waals surface area (Å²) in [4.78, 5) is 20.1. The van der Waals surface area contributed by atoms with E-state index < -0.39 is 5.97 Å². The Morgan fingerprint density at radius 2 is 1.96 bits per heavy atom. The Kier molecular flexibility index (Phi) is 4.67. The topological polar surface area (TPSA) is 74.0 Å². The van der Waals surface area contributed by atoms with Crippen LogP contribution in [0.25, 0.3) is 16.9 Å². The van der Waals surface area contributed by atoms with Crippen molar-refractivity contribution in [2.45, 2.75) is 0 Å². The lowest BCUT2D eigenvalue weighted by molar-refractivity contribution is 0.0697. The number of aromatic carboxylic acids is 1. The van der Waals surface area contributed by atoms with Gasteiger partial charge in [0.05, 0.1) is 17.5 Å². The Labute approximate surface area is 146 Å². The van der Waals surface area contributed by atoms with Gasteiger partial charge in [-0.05, 0) is 26.2 Å². The zero-order chi connectivity index (χ0) is 18.0. The average Bonchev–Trinajstić information content (AvgIpc) is 3.07. The van der Waals surface area contributed by atoms with E-state index in [1.165, 1.54) is 0 Å². The van der Waals surface area contributed by atoms with Gasteiger partial charge in [0.15, 0.2) is 5.65 Å². The molecule has 2 aromatic heterocycles. The van der Waals surface area contributed by atoms with Gasteiger partial charge in [0.2, 0.25) is 0 Å². The SMILES string of the molecule is CN(C)CCN(C)c1cc(-c2cccc(C(=O)O)c2)nc2ccnn12. The molecule has 0 aliphatic rings. The summed E-state index contributed by atoms with van der Waals surface area (Å²) in [5, 5.41) is 13.6. The number of aromatic nitrogens is 3. The minimum Gasteiger partial charge on any atom is -0.478 e. The number of hydrogen-bond acceptors (Lipinski definition) is 5. The largest absolute Gasteiger partial charge is 0.478 e. The van der Waals surface area contributed by atoms with Gasteiger partial charge < -0.3 is 14.9 Å². The van der Waals surface area contributed by atoms with Gasteiger partial charge in [0, 0.05) is 37.8 Å². The van der Waals surface area contributed by atoms with Crippen LogP contribution in [0.2, 0.25) is 0 Å². The van der Waals surface area contributed by atoms with Gasteiger partial charge in [0.25, 0.3) is 0 Å². The summed E-state index contributed by atoms with van der Waals surface area (Å²) < 4.78 is 1.79. The predicted molar refractivity (Wildman–Crippen MR) is 97.2 cm³/mol. The van der Waals surface area contributed by atoms with Crippen LogP contribution in [-0.4, -0.2) is 64.8 Å². The number of carbonyl (C=O) groups is 1. The molecule has 0 aliphatic carbocycles. The molecule has 0 saturated heterocycles. The summed E-state index contributed by atoms with van der Waals surface area (Å²) >= 11 is 0. The highest BCUT2D eigenvalue weighted by Crippen LogP contribution is 2.24. The molecule has 0 saturated carbocycles. The maximum absolute atomic E-state index is 11.2. The minimum absolute atomic E-state index is 0.246. The molecule has 2 heterocycles. The van der Waals surface area contributed by atoms with E-state index in [0.29, 0.717) is 0 Å². The van der Waals surface area contributed by atoms with Crippen LogP contribution in [0.1, 0.15) is 10.4 Å². The number of carboxylic acid groups (broad SMARTS) is 1. The van der Waals surface area contributed by atoms with Crippen LogP contribution in [0.5, 0.6) is 0 Å². The summed E-state index contributed by atoms with van der Waals surface area (Å²) in [6.45, 7) is 1.74. The van der Waals surface area contributed by atoms with E-state index in [2.05, 4.69) is 19.9 Å². The highest BCUT2D eigenvalue weighted by Gasteiger charge is 2.13. The third-order valence-electron chi connectivity index (χ3n) is 4.02. The smallest absolute Gasteiger partial charge is 0.335 e. The Morgan fingerprint density at radius 3 is 2.68 bits per heavy atom. The van der Waals surface area contributed by atoms with Gasteiger partial charge in [-0.2, -0.15) is 9.61 Å². The molecule has 0 aliphatic heterocycles. The summed E-state index contributed by atoms with van der Waals surface area (Å²) in [6.07, 6.45) is 1.71. The van der Waals surface area contributed by atoms with Crippen LogP contribution in [0.15, 0.2) is 42.6 Å².